The molecule has 0 spiro atoms. The van der Waals surface area contributed by atoms with Crippen molar-refractivity contribution >= 4 is 5.69 Å². The molecular weight excluding hydrogens is 174 g/mol. The largest absolute Gasteiger partial charge is 0.380 e. The van der Waals surface area contributed by atoms with Crippen molar-refractivity contribution in [2.45, 2.75) is 39.2 Å². The molecule has 1 fully saturated rings. The Hall–Kier alpha value is -1.12. The lowest BCUT2D eigenvalue weighted by Gasteiger charge is -2.12. The molecule has 0 radical (unpaired) electrons. The molecule has 0 aliphatic heterocycles. The highest BCUT2D eigenvalue weighted by Crippen LogP contribution is 2.26. The van der Waals surface area contributed by atoms with Gasteiger partial charge in [0.1, 0.15) is 5.82 Å². The van der Waals surface area contributed by atoms with E-state index in [1.54, 1.807) is 0 Å². The molecule has 1 saturated carbocycles. The third kappa shape index (κ3) is 2.22. The molecule has 2 atom stereocenters. The lowest BCUT2D eigenvalue weighted by atomic mass is 10.1. The summed E-state index contributed by atoms with van der Waals surface area (Å²) >= 11 is 0. The minimum absolute atomic E-state index is 0.622. The first-order valence-electron chi connectivity index (χ1n) is 5.29. The Morgan fingerprint density at radius 2 is 2.00 bits per heavy atom. The van der Waals surface area contributed by atoms with Gasteiger partial charge in [-0.2, -0.15) is 0 Å². The summed E-state index contributed by atoms with van der Waals surface area (Å²) in [6.45, 7) is 4.22. The van der Waals surface area contributed by atoms with Crippen LogP contribution in [-0.2, 0) is 0 Å². The fraction of sp³-hybridized carbons (Fsp3) is 0.636. The molecule has 1 aliphatic carbocycles. The van der Waals surface area contributed by atoms with Crippen LogP contribution in [0.3, 0.4) is 0 Å². The number of rotatable bonds is 2. The minimum atomic E-state index is 0.622. The summed E-state index contributed by atoms with van der Waals surface area (Å²) in [7, 11) is 0. The smallest absolute Gasteiger partial charge is 0.125 e. The highest BCUT2D eigenvalue weighted by molar-refractivity contribution is 5.39. The van der Waals surface area contributed by atoms with Crippen molar-refractivity contribution in [1.29, 1.82) is 0 Å². The maximum Gasteiger partial charge on any atom is 0.125 e. The Morgan fingerprint density at radius 3 is 2.57 bits per heavy atom. The molecule has 1 aromatic heterocycles. The molecule has 3 nitrogen and oxygen atoms in total. The van der Waals surface area contributed by atoms with Gasteiger partial charge in [-0.3, -0.25) is 0 Å². The van der Waals surface area contributed by atoms with Crippen molar-refractivity contribution in [2.75, 3.05) is 5.32 Å². The summed E-state index contributed by atoms with van der Waals surface area (Å²) in [5.74, 6) is 1.69. The van der Waals surface area contributed by atoms with Gasteiger partial charge in [-0.1, -0.05) is 6.92 Å². The topological polar surface area (TPSA) is 37.8 Å². The van der Waals surface area contributed by atoms with Crippen LogP contribution >= 0.6 is 0 Å². The van der Waals surface area contributed by atoms with E-state index in [-0.39, 0.29) is 0 Å². The van der Waals surface area contributed by atoms with E-state index in [9.17, 15) is 0 Å². The molecule has 2 unspecified atom stereocenters. The predicted octanol–water partition coefficient (Wildman–Crippen LogP) is 2.39. The van der Waals surface area contributed by atoms with E-state index in [0.29, 0.717) is 6.04 Å². The van der Waals surface area contributed by atoms with Crippen molar-refractivity contribution in [2.24, 2.45) is 5.92 Å². The van der Waals surface area contributed by atoms with Crippen LogP contribution in [0, 0.1) is 12.8 Å². The minimum Gasteiger partial charge on any atom is -0.380 e. The summed E-state index contributed by atoms with van der Waals surface area (Å²) in [6, 6.07) is 0.622. The van der Waals surface area contributed by atoms with Gasteiger partial charge in [0.05, 0.1) is 18.1 Å². The number of aromatic nitrogens is 2. The molecule has 1 aromatic rings. The van der Waals surface area contributed by atoms with Gasteiger partial charge in [0.15, 0.2) is 0 Å². The summed E-state index contributed by atoms with van der Waals surface area (Å²) in [4.78, 5) is 8.33. The SMILES string of the molecule is Cc1ncc(NC2CCC(C)C2)cn1. The Kier molecular flexibility index (Phi) is 2.66. The fourth-order valence-electron chi connectivity index (χ4n) is 2.04. The molecular formula is C11H17N3. The number of hydrogen-bond acceptors (Lipinski definition) is 3. The molecule has 0 bridgehead atoms. The zero-order chi connectivity index (χ0) is 9.97. The second-order valence-electron chi connectivity index (χ2n) is 4.28. The first-order chi connectivity index (χ1) is 6.74. The van der Waals surface area contributed by atoms with E-state index in [0.717, 1.165) is 17.4 Å². The second kappa shape index (κ2) is 3.95. The molecule has 76 valence electrons. The Labute approximate surface area is 85.0 Å². The van der Waals surface area contributed by atoms with Crippen molar-refractivity contribution in [3.05, 3.63) is 18.2 Å². The van der Waals surface area contributed by atoms with E-state index in [1.807, 2.05) is 19.3 Å². The highest BCUT2D eigenvalue weighted by Gasteiger charge is 2.20. The van der Waals surface area contributed by atoms with E-state index in [1.165, 1.54) is 19.3 Å². The standard InChI is InChI=1S/C11H17N3/c1-8-3-4-10(5-8)14-11-6-12-9(2)13-7-11/h6-8,10,14H,3-5H2,1-2H3. The van der Waals surface area contributed by atoms with Gasteiger partial charge in [-0.15, -0.1) is 0 Å². The quantitative estimate of drug-likeness (QED) is 0.780. The number of anilines is 1. The number of nitrogens with zero attached hydrogens (tertiary/aromatic N) is 2. The number of hydrogen-bond donors (Lipinski definition) is 1. The van der Waals surface area contributed by atoms with Gasteiger partial charge >= 0.3 is 0 Å². The molecule has 1 aliphatic rings. The van der Waals surface area contributed by atoms with Gasteiger partial charge < -0.3 is 5.32 Å². The summed E-state index contributed by atoms with van der Waals surface area (Å²) in [6.07, 6.45) is 7.62. The van der Waals surface area contributed by atoms with Crippen LogP contribution in [0.1, 0.15) is 32.0 Å². The van der Waals surface area contributed by atoms with Gasteiger partial charge in [-0.05, 0) is 32.1 Å². The molecule has 3 heteroatoms. The average molecular weight is 191 g/mol. The molecule has 1 heterocycles. The van der Waals surface area contributed by atoms with Crippen LogP contribution < -0.4 is 5.32 Å². The van der Waals surface area contributed by atoms with Crippen molar-refractivity contribution in [3.63, 3.8) is 0 Å². The first-order valence-corrected chi connectivity index (χ1v) is 5.29. The Balaban J connectivity index is 1.94. The van der Waals surface area contributed by atoms with Crippen molar-refractivity contribution < 1.29 is 0 Å². The van der Waals surface area contributed by atoms with Crippen LogP contribution in [0.4, 0.5) is 5.69 Å². The molecule has 14 heavy (non-hydrogen) atoms. The van der Waals surface area contributed by atoms with Crippen LogP contribution in [0.2, 0.25) is 0 Å². The van der Waals surface area contributed by atoms with E-state index >= 15 is 0 Å². The third-order valence-corrected chi connectivity index (χ3v) is 2.85. The zero-order valence-electron chi connectivity index (χ0n) is 8.83. The zero-order valence-corrected chi connectivity index (χ0v) is 8.83. The van der Waals surface area contributed by atoms with Gasteiger partial charge in [0, 0.05) is 6.04 Å². The van der Waals surface area contributed by atoms with E-state index in [4.69, 9.17) is 0 Å². The fourth-order valence-corrected chi connectivity index (χ4v) is 2.04. The maximum absolute atomic E-state index is 4.17. The van der Waals surface area contributed by atoms with E-state index in [2.05, 4.69) is 22.2 Å². The lowest BCUT2D eigenvalue weighted by Crippen LogP contribution is -2.15. The highest BCUT2D eigenvalue weighted by atomic mass is 15.0. The molecule has 0 amide bonds. The van der Waals surface area contributed by atoms with Crippen LogP contribution in [0.5, 0.6) is 0 Å². The monoisotopic (exact) mass is 191 g/mol. The summed E-state index contributed by atoms with van der Waals surface area (Å²) in [5, 5.41) is 3.47. The van der Waals surface area contributed by atoms with Crippen LogP contribution in [0.25, 0.3) is 0 Å². The third-order valence-electron chi connectivity index (χ3n) is 2.85. The number of nitrogens with one attached hydrogen (secondary N) is 1. The van der Waals surface area contributed by atoms with Crippen LogP contribution in [-0.4, -0.2) is 16.0 Å². The Bertz CT molecular complexity index is 294. The van der Waals surface area contributed by atoms with Gasteiger partial charge in [0.2, 0.25) is 0 Å². The van der Waals surface area contributed by atoms with Gasteiger partial charge in [0.25, 0.3) is 0 Å². The predicted molar refractivity (Wildman–Crippen MR) is 57.2 cm³/mol. The molecule has 0 saturated heterocycles. The average Bonchev–Trinajstić information content (AvgIpc) is 2.56. The van der Waals surface area contributed by atoms with Crippen molar-refractivity contribution in [3.8, 4) is 0 Å². The second-order valence-corrected chi connectivity index (χ2v) is 4.28. The molecule has 1 N–H and O–H groups in total. The lowest BCUT2D eigenvalue weighted by molar-refractivity contribution is 0.602. The molecule has 2 rings (SSSR count). The Morgan fingerprint density at radius 1 is 1.29 bits per heavy atom. The first kappa shape index (κ1) is 9.44. The normalized spacial score (nSPS) is 26.4. The number of aryl methyl sites for hydroxylation is 1. The summed E-state index contributed by atoms with van der Waals surface area (Å²) in [5.41, 5.74) is 1.05. The van der Waals surface area contributed by atoms with Crippen molar-refractivity contribution in [1.82, 2.24) is 9.97 Å². The maximum atomic E-state index is 4.17. The summed E-state index contributed by atoms with van der Waals surface area (Å²) < 4.78 is 0. The molecule has 0 aromatic carbocycles. The van der Waals surface area contributed by atoms with Gasteiger partial charge in [-0.25, -0.2) is 9.97 Å². The van der Waals surface area contributed by atoms with Crippen LogP contribution in [0.15, 0.2) is 12.4 Å². The van der Waals surface area contributed by atoms with E-state index < -0.39 is 0 Å².